The normalized spacial score (nSPS) is 11.3. The van der Waals surface area contributed by atoms with E-state index in [1.165, 1.54) is 0 Å². The Morgan fingerprint density at radius 2 is 1.06 bits per heavy atom. The van der Waals surface area contributed by atoms with E-state index in [1.807, 2.05) is 89.8 Å². The number of para-hydroxylation sites is 2. The fourth-order valence-electron chi connectivity index (χ4n) is 3.88. The van der Waals surface area contributed by atoms with Crippen molar-refractivity contribution in [1.29, 1.82) is 0 Å². The van der Waals surface area contributed by atoms with Crippen LogP contribution in [0, 0.1) is 0 Å². The molecule has 0 bridgehead atoms. The lowest BCUT2D eigenvalue weighted by molar-refractivity contribution is 0.601. The molecule has 1 N–H and O–H groups in total. The number of fused-ring (bicyclic) bond motifs is 1. The van der Waals surface area contributed by atoms with Gasteiger partial charge in [0.2, 0.25) is 0 Å². The van der Waals surface area contributed by atoms with Gasteiger partial charge in [0.05, 0.1) is 15.9 Å². The van der Waals surface area contributed by atoms with Gasteiger partial charge in [-0.25, -0.2) is 18.4 Å². The van der Waals surface area contributed by atoms with Crippen molar-refractivity contribution >= 4 is 32.7 Å². The lowest BCUT2D eigenvalue weighted by Crippen LogP contribution is -2.26. The number of nitrogens with one attached hydrogen (secondary N) is 1. The van der Waals surface area contributed by atoms with Crippen LogP contribution in [0.3, 0.4) is 0 Å². The van der Waals surface area contributed by atoms with Crippen LogP contribution >= 0.6 is 0 Å². The molecule has 0 aliphatic carbocycles. The topological polar surface area (TPSA) is 75.2 Å². The summed E-state index contributed by atoms with van der Waals surface area (Å²) in [6.07, 6.45) is 0. The molecule has 174 valence electrons. The van der Waals surface area contributed by atoms with E-state index in [1.54, 1.807) is 30.3 Å². The zero-order chi connectivity index (χ0) is 24.1. The van der Waals surface area contributed by atoms with Gasteiger partial charge in [-0.05, 0) is 35.4 Å². The maximum absolute atomic E-state index is 13.2. The van der Waals surface area contributed by atoms with Crippen molar-refractivity contribution in [2.24, 2.45) is 0 Å². The van der Waals surface area contributed by atoms with Crippen molar-refractivity contribution in [2.45, 2.75) is 18.0 Å². The molecule has 0 aliphatic heterocycles. The van der Waals surface area contributed by atoms with Gasteiger partial charge >= 0.3 is 0 Å². The average Bonchev–Trinajstić information content (AvgIpc) is 2.89. The molecule has 6 nitrogen and oxygen atoms in total. The third-order valence-electron chi connectivity index (χ3n) is 5.57. The summed E-state index contributed by atoms with van der Waals surface area (Å²) in [5, 5.41) is 0. The summed E-state index contributed by atoms with van der Waals surface area (Å²) in [6.45, 7) is 1.06. The van der Waals surface area contributed by atoms with E-state index in [-0.39, 0.29) is 10.7 Å². The molecule has 0 atom stereocenters. The molecule has 0 spiro atoms. The smallest absolute Gasteiger partial charge is 0.263 e. The fourth-order valence-corrected chi connectivity index (χ4v) is 4.90. The number of nitrogens with zero attached hydrogens (tertiary/aromatic N) is 3. The van der Waals surface area contributed by atoms with E-state index in [4.69, 9.17) is 9.97 Å². The van der Waals surface area contributed by atoms with Gasteiger partial charge in [-0.2, -0.15) is 0 Å². The summed E-state index contributed by atoms with van der Waals surface area (Å²) >= 11 is 0. The van der Waals surface area contributed by atoms with Crippen LogP contribution in [-0.2, 0) is 23.1 Å². The van der Waals surface area contributed by atoms with Crippen molar-refractivity contribution in [3.8, 4) is 0 Å². The van der Waals surface area contributed by atoms with E-state index in [9.17, 15) is 8.42 Å². The van der Waals surface area contributed by atoms with Crippen molar-refractivity contribution < 1.29 is 8.42 Å². The SMILES string of the molecule is O=S(=O)(Nc1nc2ccccc2nc1N(Cc1ccccc1)Cc1ccccc1)c1ccccc1. The highest BCUT2D eigenvalue weighted by molar-refractivity contribution is 7.92. The Balaban J connectivity index is 1.63. The highest BCUT2D eigenvalue weighted by Gasteiger charge is 2.22. The highest BCUT2D eigenvalue weighted by Crippen LogP contribution is 2.29. The standard InChI is InChI=1S/C28H24N4O2S/c33-35(34,24-16-8-3-9-17-24)31-27-28(30-26-19-11-10-18-25(26)29-27)32(20-22-12-4-1-5-13-22)21-23-14-6-2-7-15-23/h1-19H,20-21H2,(H,29,31). The van der Waals surface area contributed by atoms with Crippen LogP contribution in [-0.4, -0.2) is 18.4 Å². The second kappa shape index (κ2) is 9.95. The minimum Gasteiger partial charge on any atom is -0.345 e. The summed E-state index contributed by atoms with van der Waals surface area (Å²) in [4.78, 5) is 11.8. The Kier molecular flexibility index (Phi) is 6.41. The molecule has 5 aromatic rings. The number of hydrogen-bond donors (Lipinski definition) is 1. The molecule has 1 heterocycles. The summed E-state index contributed by atoms with van der Waals surface area (Å²) in [6, 6.07) is 35.8. The average molecular weight is 481 g/mol. The number of aromatic nitrogens is 2. The molecule has 7 heteroatoms. The molecule has 0 radical (unpaired) electrons. The largest absolute Gasteiger partial charge is 0.345 e. The van der Waals surface area contributed by atoms with E-state index in [0.717, 1.165) is 11.1 Å². The first-order chi connectivity index (χ1) is 17.1. The molecule has 4 aromatic carbocycles. The fraction of sp³-hybridized carbons (Fsp3) is 0.0714. The van der Waals surface area contributed by atoms with Crippen LogP contribution in [0.25, 0.3) is 11.0 Å². The summed E-state index contributed by atoms with van der Waals surface area (Å²) in [7, 11) is -3.86. The van der Waals surface area contributed by atoms with Crippen LogP contribution in [0.1, 0.15) is 11.1 Å². The van der Waals surface area contributed by atoms with Gasteiger partial charge in [-0.15, -0.1) is 0 Å². The van der Waals surface area contributed by atoms with Gasteiger partial charge in [0, 0.05) is 13.1 Å². The maximum Gasteiger partial charge on any atom is 0.263 e. The Labute approximate surface area is 205 Å². The van der Waals surface area contributed by atoms with Gasteiger partial charge in [0.1, 0.15) is 0 Å². The Morgan fingerprint density at radius 3 is 1.60 bits per heavy atom. The van der Waals surface area contributed by atoms with Gasteiger partial charge in [-0.1, -0.05) is 91.0 Å². The number of sulfonamides is 1. The van der Waals surface area contributed by atoms with E-state index in [0.29, 0.717) is 29.9 Å². The third kappa shape index (κ3) is 5.31. The second-order valence-electron chi connectivity index (χ2n) is 8.13. The van der Waals surface area contributed by atoms with Crippen LogP contribution < -0.4 is 9.62 Å². The Bertz CT molecular complexity index is 1490. The lowest BCUT2D eigenvalue weighted by Gasteiger charge is -2.26. The summed E-state index contributed by atoms with van der Waals surface area (Å²) in [5.41, 5.74) is 3.46. The van der Waals surface area contributed by atoms with Crippen molar-refractivity contribution in [2.75, 3.05) is 9.62 Å². The van der Waals surface area contributed by atoms with Crippen LogP contribution in [0.4, 0.5) is 11.6 Å². The Hall–Kier alpha value is -4.23. The maximum atomic E-state index is 13.2. The zero-order valence-electron chi connectivity index (χ0n) is 19.0. The first kappa shape index (κ1) is 22.6. The van der Waals surface area contributed by atoms with Crippen molar-refractivity contribution in [3.63, 3.8) is 0 Å². The third-order valence-corrected chi connectivity index (χ3v) is 6.92. The van der Waals surface area contributed by atoms with Gasteiger partial charge in [-0.3, -0.25) is 4.72 Å². The minimum absolute atomic E-state index is 0.165. The first-order valence-electron chi connectivity index (χ1n) is 11.3. The molecule has 35 heavy (non-hydrogen) atoms. The second-order valence-corrected chi connectivity index (χ2v) is 9.81. The van der Waals surface area contributed by atoms with Gasteiger partial charge in [0.25, 0.3) is 10.0 Å². The molecule has 0 unspecified atom stereocenters. The van der Waals surface area contributed by atoms with E-state index < -0.39 is 10.0 Å². The zero-order valence-corrected chi connectivity index (χ0v) is 19.8. The number of hydrogen-bond acceptors (Lipinski definition) is 5. The van der Waals surface area contributed by atoms with Crippen LogP contribution in [0.2, 0.25) is 0 Å². The summed E-state index contributed by atoms with van der Waals surface area (Å²) in [5.74, 6) is 0.662. The minimum atomic E-state index is -3.86. The predicted octanol–water partition coefficient (Wildman–Crippen LogP) is 5.64. The van der Waals surface area contributed by atoms with E-state index in [2.05, 4.69) is 4.72 Å². The van der Waals surface area contributed by atoms with Crippen molar-refractivity contribution in [3.05, 3.63) is 126 Å². The molecular weight excluding hydrogens is 456 g/mol. The molecular formula is C28H24N4O2S. The molecule has 0 saturated heterocycles. The van der Waals surface area contributed by atoms with Gasteiger partial charge in [0.15, 0.2) is 11.6 Å². The molecule has 0 amide bonds. The highest BCUT2D eigenvalue weighted by atomic mass is 32.2. The molecule has 5 rings (SSSR count). The molecule has 0 fully saturated rings. The first-order valence-corrected chi connectivity index (χ1v) is 12.7. The molecule has 0 saturated carbocycles. The number of benzene rings is 4. The van der Waals surface area contributed by atoms with Crippen LogP contribution in [0.5, 0.6) is 0 Å². The monoisotopic (exact) mass is 480 g/mol. The quantitative estimate of drug-likeness (QED) is 0.311. The number of anilines is 2. The van der Waals surface area contributed by atoms with E-state index >= 15 is 0 Å². The molecule has 1 aromatic heterocycles. The van der Waals surface area contributed by atoms with Crippen LogP contribution in [0.15, 0.2) is 120 Å². The summed E-state index contributed by atoms with van der Waals surface area (Å²) < 4.78 is 29.2. The predicted molar refractivity (Wildman–Crippen MR) is 140 cm³/mol. The lowest BCUT2D eigenvalue weighted by atomic mass is 10.1. The van der Waals surface area contributed by atoms with Crippen molar-refractivity contribution in [1.82, 2.24) is 9.97 Å². The van der Waals surface area contributed by atoms with Gasteiger partial charge < -0.3 is 4.90 Å². The molecule has 0 aliphatic rings. The number of rotatable bonds is 8. The Morgan fingerprint density at radius 1 is 0.600 bits per heavy atom.